The van der Waals surface area contributed by atoms with Gasteiger partial charge in [0.05, 0.1) is 17.1 Å². The molecular weight excluding hydrogens is 673 g/mol. The number of allylic oxidation sites excluding steroid dienone is 1. The molecule has 2 heterocycles. The molecule has 9 rings (SSSR count). The highest BCUT2D eigenvalue weighted by Crippen LogP contribution is 2.44. The Labute approximate surface area is 321 Å². The van der Waals surface area contributed by atoms with Gasteiger partial charge in [-0.3, -0.25) is 4.99 Å². The van der Waals surface area contributed by atoms with E-state index in [2.05, 4.69) is 194 Å². The number of hydrogen-bond donors (Lipinski definition) is 0. The number of hydrogen-bond acceptors (Lipinski definition) is 2. The van der Waals surface area contributed by atoms with Crippen LogP contribution >= 0.6 is 11.3 Å². The Bertz CT molecular complexity index is 2800. The summed E-state index contributed by atoms with van der Waals surface area (Å²) in [7, 11) is 0. The fraction of sp³-hybridized carbons (Fsp3) is 0.118. The maximum absolute atomic E-state index is 5.76. The monoisotopic (exact) mass is 714 g/mol. The number of aromatic nitrogens is 1. The standard InChI is InChI=1S/C51H42N2S/c1-3-17-45(52-46(37-20-9-5-10-21-37)31-35(2)30-36-18-7-4-8-19-36)44-33-39(34-50-51(44)42-25-14-16-27-49(42)54-50)38-28-29-48-43(32-38)41-24-13-15-26-47(41)53(48)40-22-11-6-12-23-40/h4-16,18-30,32-34,45H,3,17,31H2,1-2H3/b35-30-,52-46+. The van der Waals surface area contributed by atoms with Gasteiger partial charge in [-0.2, -0.15) is 0 Å². The van der Waals surface area contributed by atoms with Crippen LogP contribution in [0.4, 0.5) is 0 Å². The topological polar surface area (TPSA) is 17.3 Å². The van der Waals surface area contributed by atoms with Crippen LogP contribution < -0.4 is 0 Å². The highest BCUT2D eigenvalue weighted by atomic mass is 32.1. The van der Waals surface area contributed by atoms with Crippen LogP contribution in [0, 0.1) is 0 Å². The van der Waals surface area contributed by atoms with Crippen LogP contribution in [0.5, 0.6) is 0 Å². The summed E-state index contributed by atoms with van der Waals surface area (Å²) in [6.07, 6.45) is 5.08. The zero-order valence-corrected chi connectivity index (χ0v) is 31.6. The van der Waals surface area contributed by atoms with Crippen molar-refractivity contribution in [3.05, 3.63) is 192 Å². The average Bonchev–Trinajstić information content (AvgIpc) is 3.76. The van der Waals surface area contributed by atoms with Crippen molar-refractivity contribution in [3.63, 3.8) is 0 Å². The first-order valence-corrected chi connectivity index (χ1v) is 19.8. The lowest BCUT2D eigenvalue weighted by Crippen LogP contribution is -2.07. The molecule has 0 fully saturated rings. The fourth-order valence-corrected chi connectivity index (χ4v) is 9.26. The molecule has 54 heavy (non-hydrogen) atoms. The normalized spacial score (nSPS) is 13.0. The van der Waals surface area contributed by atoms with E-state index in [1.807, 2.05) is 11.3 Å². The second kappa shape index (κ2) is 14.8. The summed E-state index contributed by atoms with van der Waals surface area (Å²) in [5.41, 5.74) is 12.2. The molecule has 262 valence electrons. The van der Waals surface area contributed by atoms with Gasteiger partial charge in [0.1, 0.15) is 0 Å². The minimum Gasteiger partial charge on any atom is -0.309 e. The number of para-hydroxylation sites is 2. The third-order valence-corrected chi connectivity index (χ3v) is 11.6. The van der Waals surface area contributed by atoms with E-state index < -0.39 is 0 Å². The average molecular weight is 715 g/mol. The summed E-state index contributed by atoms with van der Waals surface area (Å²) in [5, 5.41) is 5.19. The molecule has 2 aromatic heterocycles. The van der Waals surface area contributed by atoms with Crippen LogP contribution in [0.25, 0.3) is 64.9 Å². The first-order valence-electron chi connectivity index (χ1n) is 19.0. The van der Waals surface area contributed by atoms with Gasteiger partial charge in [0.2, 0.25) is 0 Å². The van der Waals surface area contributed by atoms with E-state index in [4.69, 9.17) is 4.99 Å². The zero-order chi connectivity index (χ0) is 36.4. The number of rotatable bonds is 10. The molecule has 0 aliphatic carbocycles. The van der Waals surface area contributed by atoms with Gasteiger partial charge in [-0.05, 0) is 89.7 Å². The predicted octanol–water partition coefficient (Wildman–Crippen LogP) is 14.6. The zero-order valence-electron chi connectivity index (χ0n) is 30.7. The first-order chi connectivity index (χ1) is 26.6. The highest BCUT2D eigenvalue weighted by molar-refractivity contribution is 7.25. The van der Waals surface area contributed by atoms with Crippen molar-refractivity contribution in [3.8, 4) is 16.8 Å². The summed E-state index contributed by atoms with van der Waals surface area (Å²) in [5.74, 6) is 0. The molecular formula is C51H42N2S. The van der Waals surface area contributed by atoms with Crippen molar-refractivity contribution < 1.29 is 0 Å². The smallest absolute Gasteiger partial charge is 0.0759 e. The van der Waals surface area contributed by atoms with Gasteiger partial charge in [0, 0.05) is 48.8 Å². The molecule has 0 amide bonds. The number of aliphatic imine (C=N–C) groups is 1. The van der Waals surface area contributed by atoms with Crippen LogP contribution in [0.1, 0.15) is 55.8 Å². The lowest BCUT2D eigenvalue weighted by molar-refractivity contribution is 0.644. The molecule has 2 nitrogen and oxygen atoms in total. The maximum atomic E-state index is 5.76. The summed E-state index contributed by atoms with van der Waals surface area (Å²) in [4.78, 5) is 5.76. The Hall–Kier alpha value is -6.03. The molecule has 7 aromatic carbocycles. The summed E-state index contributed by atoms with van der Waals surface area (Å²) >= 11 is 1.89. The number of fused-ring (bicyclic) bond motifs is 6. The molecule has 0 N–H and O–H groups in total. The van der Waals surface area contributed by atoms with Crippen LogP contribution in [-0.4, -0.2) is 10.3 Å². The van der Waals surface area contributed by atoms with Crippen molar-refractivity contribution in [1.82, 2.24) is 4.57 Å². The Morgan fingerprint density at radius 1 is 0.630 bits per heavy atom. The molecule has 0 saturated heterocycles. The van der Waals surface area contributed by atoms with Crippen LogP contribution in [-0.2, 0) is 0 Å². The SMILES string of the molecule is CCCC(/N=C(\C/C(C)=C\c1ccccc1)c1ccccc1)c1cc(-c2ccc3c(c2)c2ccccc2n3-c2ccccc2)cc2sc3ccccc3c12. The largest absolute Gasteiger partial charge is 0.309 e. The predicted molar refractivity (Wildman–Crippen MR) is 234 cm³/mol. The van der Waals surface area contributed by atoms with Gasteiger partial charge in [0.25, 0.3) is 0 Å². The molecule has 9 aromatic rings. The van der Waals surface area contributed by atoms with Crippen LogP contribution in [0.2, 0.25) is 0 Å². The summed E-state index contributed by atoms with van der Waals surface area (Å²) in [6.45, 7) is 4.52. The maximum Gasteiger partial charge on any atom is 0.0759 e. The third kappa shape index (κ3) is 6.46. The third-order valence-electron chi connectivity index (χ3n) is 10.5. The van der Waals surface area contributed by atoms with E-state index in [1.54, 1.807) is 0 Å². The van der Waals surface area contributed by atoms with Crippen molar-refractivity contribution in [2.24, 2.45) is 4.99 Å². The van der Waals surface area contributed by atoms with E-state index in [1.165, 1.54) is 81.1 Å². The lowest BCUT2D eigenvalue weighted by Gasteiger charge is -2.19. The Morgan fingerprint density at radius 2 is 1.30 bits per heavy atom. The van der Waals surface area contributed by atoms with E-state index in [-0.39, 0.29) is 6.04 Å². The first kappa shape index (κ1) is 33.8. The van der Waals surface area contributed by atoms with Gasteiger partial charge >= 0.3 is 0 Å². The van der Waals surface area contributed by atoms with Gasteiger partial charge in [0.15, 0.2) is 0 Å². The molecule has 0 aliphatic rings. The minimum absolute atomic E-state index is 0.00101. The molecule has 1 atom stereocenters. The van der Waals surface area contributed by atoms with Crippen molar-refractivity contribution in [2.75, 3.05) is 0 Å². The molecule has 1 unspecified atom stereocenters. The Kier molecular flexibility index (Phi) is 9.24. The number of benzene rings is 7. The Balaban J connectivity index is 1.23. The van der Waals surface area contributed by atoms with Gasteiger partial charge in [-0.15, -0.1) is 11.3 Å². The molecule has 0 radical (unpaired) electrons. The molecule has 0 bridgehead atoms. The van der Waals surface area contributed by atoms with E-state index in [9.17, 15) is 0 Å². The van der Waals surface area contributed by atoms with Gasteiger partial charge < -0.3 is 4.57 Å². The van der Waals surface area contributed by atoms with E-state index in [0.717, 1.165) is 25.0 Å². The van der Waals surface area contributed by atoms with Crippen molar-refractivity contribution >= 4 is 65.1 Å². The number of nitrogens with zero attached hydrogens (tertiary/aromatic N) is 2. The molecule has 0 spiro atoms. The Morgan fingerprint density at radius 3 is 2.07 bits per heavy atom. The van der Waals surface area contributed by atoms with Crippen molar-refractivity contribution in [1.29, 1.82) is 0 Å². The van der Waals surface area contributed by atoms with Gasteiger partial charge in [-0.25, -0.2) is 0 Å². The summed E-state index contributed by atoms with van der Waals surface area (Å²) in [6, 6.07) is 61.7. The number of thiophene rings is 1. The molecule has 0 saturated carbocycles. The second-order valence-electron chi connectivity index (χ2n) is 14.3. The van der Waals surface area contributed by atoms with Crippen LogP contribution in [0.15, 0.2) is 180 Å². The quantitative estimate of drug-likeness (QED) is 0.126. The summed E-state index contributed by atoms with van der Waals surface area (Å²) < 4.78 is 5.02. The highest BCUT2D eigenvalue weighted by Gasteiger charge is 2.21. The second-order valence-corrected chi connectivity index (χ2v) is 15.4. The van der Waals surface area contributed by atoms with E-state index >= 15 is 0 Å². The lowest BCUT2D eigenvalue weighted by atomic mass is 9.92. The van der Waals surface area contributed by atoms with Crippen LogP contribution in [0.3, 0.4) is 0 Å². The van der Waals surface area contributed by atoms with Gasteiger partial charge in [-0.1, -0.05) is 146 Å². The fourth-order valence-electron chi connectivity index (χ4n) is 8.08. The minimum atomic E-state index is -0.00101. The molecule has 0 aliphatic heterocycles. The van der Waals surface area contributed by atoms with E-state index in [0.29, 0.717) is 0 Å². The van der Waals surface area contributed by atoms with Crippen molar-refractivity contribution in [2.45, 2.75) is 39.2 Å². The molecule has 3 heteroatoms.